The average molecular weight is 387 g/mol. The minimum absolute atomic E-state index is 0. The first-order chi connectivity index (χ1) is 7.31. The molecular formula is C11H11N2O2W-. The Kier molecular flexibility index (Phi) is 4.56. The topological polar surface area (TPSA) is 65.1 Å². The Labute approximate surface area is 107 Å². The third kappa shape index (κ3) is 2.64. The molecule has 0 fully saturated rings. The van der Waals surface area contributed by atoms with Gasteiger partial charge in [0.2, 0.25) is 0 Å². The van der Waals surface area contributed by atoms with Crippen molar-refractivity contribution in [1.29, 1.82) is 0 Å². The number of carbonyl (C=O) groups excluding carboxylic acids is 1. The number of hydrogen-bond acceptors (Lipinski definition) is 2. The summed E-state index contributed by atoms with van der Waals surface area (Å²) in [5.74, 6) is 0.248. The number of rotatable bonds is 4. The van der Waals surface area contributed by atoms with Gasteiger partial charge in [0.1, 0.15) is 5.75 Å². The standard InChI is InChI=1S/C11H11N2O2.W/c14-7-12-4-3-8-6-13-11-2-1-9(15)5-10(8)11;/h1-2,5-6,13,15H,3-4H2,(H,12,14);/q-1;. The van der Waals surface area contributed by atoms with Crippen LogP contribution < -0.4 is 5.32 Å². The first-order valence-corrected chi connectivity index (χ1v) is 4.70. The molecule has 1 aromatic heterocycles. The Balaban J connectivity index is 0.00000128. The van der Waals surface area contributed by atoms with Crippen molar-refractivity contribution in [3.8, 4) is 5.75 Å². The van der Waals surface area contributed by atoms with Crippen LogP contribution in [0.3, 0.4) is 0 Å². The zero-order chi connectivity index (χ0) is 10.7. The third-order valence-corrected chi connectivity index (χ3v) is 2.34. The van der Waals surface area contributed by atoms with Crippen LogP contribution in [0, 0.1) is 0 Å². The monoisotopic (exact) mass is 387 g/mol. The summed E-state index contributed by atoms with van der Waals surface area (Å²) in [5, 5.41) is 12.8. The fourth-order valence-electron chi connectivity index (χ4n) is 1.62. The zero-order valence-corrected chi connectivity index (χ0v) is 11.4. The van der Waals surface area contributed by atoms with Crippen molar-refractivity contribution >= 4 is 17.3 Å². The summed E-state index contributed by atoms with van der Waals surface area (Å²) in [5.41, 5.74) is 2.06. The minimum Gasteiger partial charge on any atom is -0.530 e. The van der Waals surface area contributed by atoms with E-state index < -0.39 is 0 Å². The number of fused-ring (bicyclic) bond motifs is 1. The molecule has 84 valence electrons. The fourth-order valence-corrected chi connectivity index (χ4v) is 1.62. The zero-order valence-electron chi connectivity index (χ0n) is 8.49. The normalized spacial score (nSPS) is 9.75. The van der Waals surface area contributed by atoms with Crippen molar-refractivity contribution in [2.45, 2.75) is 6.42 Å². The van der Waals surface area contributed by atoms with Crippen molar-refractivity contribution in [2.24, 2.45) is 0 Å². The molecule has 16 heavy (non-hydrogen) atoms. The van der Waals surface area contributed by atoms with Crippen LogP contribution in [0.1, 0.15) is 5.56 Å². The molecule has 0 aliphatic heterocycles. The van der Waals surface area contributed by atoms with Gasteiger partial charge in [0, 0.05) is 38.2 Å². The summed E-state index contributed by atoms with van der Waals surface area (Å²) in [4.78, 5) is 13.1. The second-order valence-corrected chi connectivity index (χ2v) is 3.32. The van der Waals surface area contributed by atoms with Gasteiger partial charge in [-0.3, -0.25) is 0 Å². The van der Waals surface area contributed by atoms with Crippen molar-refractivity contribution < 1.29 is 31.0 Å². The van der Waals surface area contributed by atoms with E-state index in [1.54, 1.807) is 18.5 Å². The Morgan fingerprint density at radius 3 is 3.00 bits per heavy atom. The molecule has 0 atom stereocenters. The molecule has 2 rings (SSSR count). The van der Waals surface area contributed by atoms with E-state index in [0.717, 1.165) is 22.9 Å². The van der Waals surface area contributed by atoms with E-state index in [2.05, 4.69) is 10.3 Å². The summed E-state index contributed by atoms with van der Waals surface area (Å²) in [6.07, 6.45) is 4.24. The predicted molar refractivity (Wildman–Crippen MR) is 57.4 cm³/mol. The second-order valence-electron chi connectivity index (χ2n) is 3.32. The second kappa shape index (κ2) is 5.71. The molecule has 0 saturated heterocycles. The molecule has 1 aromatic carbocycles. The fraction of sp³-hybridized carbons (Fsp3) is 0.182. The first-order valence-electron chi connectivity index (χ1n) is 4.70. The van der Waals surface area contributed by atoms with Crippen LogP contribution in [0.25, 0.3) is 10.9 Å². The number of nitrogens with one attached hydrogen (secondary N) is 2. The molecular weight excluding hydrogens is 376 g/mol. The molecule has 0 aliphatic rings. The first kappa shape index (κ1) is 12.8. The molecule has 0 aliphatic carbocycles. The molecule has 2 aromatic rings. The molecule has 0 spiro atoms. The molecule has 1 heterocycles. The van der Waals surface area contributed by atoms with E-state index in [9.17, 15) is 9.90 Å². The number of hydrogen-bond donors (Lipinski definition) is 3. The van der Waals surface area contributed by atoms with E-state index in [1.807, 2.05) is 12.3 Å². The number of H-pyrrole nitrogens is 1. The molecule has 0 saturated carbocycles. The Morgan fingerprint density at radius 1 is 1.44 bits per heavy atom. The molecule has 1 amide bonds. The maximum Gasteiger partial charge on any atom is 0.116 e. The van der Waals surface area contributed by atoms with Gasteiger partial charge in [-0.2, -0.15) is 6.41 Å². The van der Waals surface area contributed by atoms with Gasteiger partial charge >= 0.3 is 0 Å². The van der Waals surface area contributed by atoms with Gasteiger partial charge in [0.15, 0.2) is 0 Å². The number of aromatic hydroxyl groups is 1. The van der Waals surface area contributed by atoms with Crippen molar-refractivity contribution in [1.82, 2.24) is 10.3 Å². The van der Waals surface area contributed by atoms with Crippen LogP contribution in [0.15, 0.2) is 24.4 Å². The molecule has 0 unspecified atom stereocenters. The van der Waals surface area contributed by atoms with E-state index in [0.29, 0.717) is 6.54 Å². The summed E-state index contributed by atoms with van der Waals surface area (Å²) in [6, 6.07) is 5.18. The van der Waals surface area contributed by atoms with Gasteiger partial charge in [-0.15, -0.1) is 0 Å². The van der Waals surface area contributed by atoms with E-state index in [-0.39, 0.29) is 26.8 Å². The van der Waals surface area contributed by atoms with Crippen LogP contribution in [-0.4, -0.2) is 23.0 Å². The summed E-state index contributed by atoms with van der Waals surface area (Å²) in [7, 11) is 0. The number of aromatic nitrogens is 1. The minimum atomic E-state index is 0. The van der Waals surface area contributed by atoms with Gasteiger partial charge in [0.05, 0.1) is 0 Å². The van der Waals surface area contributed by atoms with Crippen molar-refractivity contribution in [3.05, 3.63) is 30.0 Å². The van der Waals surface area contributed by atoms with Gasteiger partial charge in [-0.25, -0.2) is 0 Å². The third-order valence-electron chi connectivity index (χ3n) is 2.34. The number of phenolic OH excluding ortho intramolecular Hbond substituents is 1. The maximum absolute atomic E-state index is 9.97. The van der Waals surface area contributed by atoms with Gasteiger partial charge < -0.3 is 20.2 Å². The molecule has 0 bridgehead atoms. The molecule has 0 radical (unpaired) electrons. The van der Waals surface area contributed by atoms with E-state index in [4.69, 9.17) is 0 Å². The Morgan fingerprint density at radius 2 is 2.25 bits per heavy atom. The van der Waals surface area contributed by atoms with E-state index in [1.165, 1.54) is 0 Å². The predicted octanol–water partition coefficient (Wildman–Crippen LogP) is 1.07. The van der Waals surface area contributed by atoms with Gasteiger partial charge in [-0.1, -0.05) is 0 Å². The molecule has 4 nitrogen and oxygen atoms in total. The quantitative estimate of drug-likeness (QED) is 0.418. The Bertz CT molecular complexity index is 482. The van der Waals surface area contributed by atoms with Gasteiger partial charge in [-0.05, 0) is 36.7 Å². The van der Waals surface area contributed by atoms with Crippen LogP contribution in [-0.2, 0) is 32.3 Å². The van der Waals surface area contributed by atoms with Crippen molar-refractivity contribution in [3.63, 3.8) is 0 Å². The number of benzene rings is 1. The summed E-state index contributed by atoms with van der Waals surface area (Å²) in [6.45, 7) is 0.548. The molecule has 5 heteroatoms. The van der Waals surface area contributed by atoms with Gasteiger partial charge in [0.25, 0.3) is 0 Å². The largest absolute Gasteiger partial charge is 0.530 e. The van der Waals surface area contributed by atoms with Crippen LogP contribution in [0.2, 0.25) is 0 Å². The smallest absolute Gasteiger partial charge is 0.116 e. The molecule has 3 N–H and O–H groups in total. The SMILES string of the molecule is O=[C-]NCCc1c[nH]c2ccc(O)cc12.[W]. The maximum atomic E-state index is 9.97. The summed E-state index contributed by atoms with van der Waals surface area (Å²) >= 11 is 0. The average Bonchev–Trinajstić information content (AvgIpc) is 2.62. The van der Waals surface area contributed by atoms with E-state index >= 15 is 0 Å². The summed E-state index contributed by atoms with van der Waals surface area (Å²) < 4.78 is 0. The number of aromatic amines is 1. The van der Waals surface area contributed by atoms with Crippen LogP contribution >= 0.6 is 0 Å². The van der Waals surface area contributed by atoms with Crippen LogP contribution in [0.4, 0.5) is 0 Å². The Hall–Kier alpha value is -1.28. The number of amides is 1. The van der Waals surface area contributed by atoms with Crippen LogP contribution in [0.5, 0.6) is 5.75 Å². The van der Waals surface area contributed by atoms with Crippen molar-refractivity contribution in [2.75, 3.05) is 6.54 Å². The number of phenols is 1.